The number of nitrogens with one attached hydrogen (secondary N) is 1. The Hall–Kier alpha value is -3.79. The summed E-state index contributed by atoms with van der Waals surface area (Å²) in [4.78, 5) is 9.01. The van der Waals surface area contributed by atoms with Crippen LogP contribution >= 0.6 is 0 Å². The average molecular weight is 559 g/mol. The molecule has 0 aliphatic heterocycles. The quantitative estimate of drug-likeness (QED) is 0.226. The van der Waals surface area contributed by atoms with Gasteiger partial charge in [-0.1, -0.05) is 0 Å². The third kappa shape index (κ3) is 3.32. The Kier molecular flexibility index (Phi) is 6.14. The van der Waals surface area contributed by atoms with E-state index >= 15 is 0 Å². The summed E-state index contributed by atoms with van der Waals surface area (Å²) in [5, 5.41) is 2.75. The van der Waals surface area contributed by atoms with Crippen molar-refractivity contribution in [2.45, 2.75) is 90.0 Å². The fourth-order valence-electron chi connectivity index (χ4n) is 8.03. The lowest BCUT2D eigenvalue weighted by Crippen LogP contribution is -2.04. The van der Waals surface area contributed by atoms with Crippen LogP contribution in [0.5, 0.6) is 0 Å². The molecule has 0 fully saturated rings. The number of hydrogen-bond acceptors (Lipinski definition) is 1. The van der Waals surface area contributed by atoms with Gasteiger partial charge in [0.05, 0.1) is 16.6 Å². The second-order valence-electron chi connectivity index (χ2n) is 13.0. The molecule has 42 heavy (non-hydrogen) atoms. The van der Waals surface area contributed by atoms with Crippen LogP contribution in [0.2, 0.25) is 0 Å². The highest BCUT2D eigenvalue weighted by Crippen LogP contribution is 2.48. The first-order valence-corrected chi connectivity index (χ1v) is 15.2. The molecular formula is C38H46N4. The van der Waals surface area contributed by atoms with Gasteiger partial charge in [-0.15, -0.1) is 0 Å². The van der Waals surface area contributed by atoms with Gasteiger partial charge in [0.25, 0.3) is 0 Å². The Morgan fingerprint density at radius 3 is 1.62 bits per heavy atom. The van der Waals surface area contributed by atoms with E-state index in [2.05, 4.69) is 118 Å². The zero-order chi connectivity index (χ0) is 30.8. The molecule has 3 heterocycles. The van der Waals surface area contributed by atoms with Crippen molar-refractivity contribution in [2.75, 3.05) is 0 Å². The summed E-state index contributed by atoms with van der Waals surface area (Å²) in [6, 6.07) is 0. The van der Waals surface area contributed by atoms with Crippen molar-refractivity contribution >= 4 is 32.8 Å². The molecule has 1 N–H and O–H groups in total. The zero-order valence-electron chi connectivity index (χ0n) is 28.3. The van der Waals surface area contributed by atoms with Gasteiger partial charge < -0.3 is 14.1 Å². The molecule has 0 saturated carbocycles. The summed E-state index contributed by atoms with van der Waals surface area (Å²) in [5.41, 5.74) is 26.4. The second kappa shape index (κ2) is 9.10. The van der Waals surface area contributed by atoms with E-state index in [1.54, 1.807) is 0 Å². The fraction of sp³-hybridized carbons (Fsp3) is 0.395. The number of nitrogens with zero attached hydrogens (tertiary/aromatic N) is 3. The Morgan fingerprint density at radius 2 is 0.976 bits per heavy atom. The van der Waals surface area contributed by atoms with E-state index in [0.717, 1.165) is 11.3 Å². The van der Waals surface area contributed by atoms with Crippen molar-refractivity contribution in [1.82, 2.24) is 19.1 Å². The zero-order valence-corrected chi connectivity index (χ0v) is 28.3. The number of aromatic amines is 1. The van der Waals surface area contributed by atoms with Crippen LogP contribution in [-0.2, 0) is 14.1 Å². The van der Waals surface area contributed by atoms with Gasteiger partial charge in [-0.25, -0.2) is 4.98 Å². The molecule has 0 aliphatic carbocycles. The van der Waals surface area contributed by atoms with Gasteiger partial charge in [0, 0.05) is 52.9 Å². The lowest BCUT2D eigenvalue weighted by Gasteiger charge is -2.24. The van der Waals surface area contributed by atoms with Crippen molar-refractivity contribution < 1.29 is 0 Å². The van der Waals surface area contributed by atoms with Crippen LogP contribution < -0.4 is 0 Å². The van der Waals surface area contributed by atoms with Gasteiger partial charge in [-0.2, -0.15) is 0 Å². The summed E-state index contributed by atoms with van der Waals surface area (Å²) in [6.07, 6.45) is 0. The molecule has 0 radical (unpaired) electrons. The molecule has 0 aliphatic rings. The molecule has 0 unspecified atom stereocenters. The molecule has 4 nitrogen and oxygen atoms in total. The predicted molar refractivity (Wildman–Crippen MR) is 182 cm³/mol. The minimum atomic E-state index is 1.04. The molecule has 0 saturated heterocycles. The monoisotopic (exact) mass is 558 g/mol. The van der Waals surface area contributed by atoms with Crippen molar-refractivity contribution in [3.05, 3.63) is 72.8 Å². The molecule has 4 heteroatoms. The van der Waals surface area contributed by atoms with Gasteiger partial charge in [0.1, 0.15) is 5.82 Å². The van der Waals surface area contributed by atoms with Gasteiger partial charge in [0.15, 0.2) is 0 Å². The molecule has 0 atom stereocenters. The van der Waals surface area contributed by atoms with E-state index in [1.807, 2.05) is 0 Å². The Bertz CT molecular complexity index is 2170. The van der Waals surface area contributed by atoms with Crippen LogP contribution in [-0.4, -0.2) is 19.1 Å². The number of fused-ring (bicyclic) bond motifs is 3. The first-order chi connectivity index (χ1) is 19.6. The summed E-state index contributed by atoms with van der Waals surface area (Å²) in [5.74, 6) is 1.04. The number of benzene rings is 3. The van der Waals surface area contributed by atoms with Gasteiger partial charge in [-0.3, -0.25) is 0 Å². The lowest BCUT2D eigenvalue weighted by atomic mass is 9.81. The molecule has 6 rings (SSSR count). The average Bonchev–Trinajstić information content (AvgIpc) is 3.49. The van der Waals surface area contributed by atoms with Gasteiger partial charge >= 0.3 is 0 Å². The second-order valence-corrected chi connectivity index (χ2v) is 13.0. The number of aryl methyl sites for hydroxylation is 10. The predicted octanol–water partition coefficient (Wildman–Crippen LogP) is 9.89. The van der Waals surface area contributed by atoms with Crippen molar-refractivity contribution in [1.29, 1.82) is 0 Å². The largest absolute Gasteiger partial charge is 0.358 e. The third-order valence-corrected chi connectivity index (χ3v) is 11.2. The van der Waals surface area contributed by atoms with E-state index in [-0.39, 0.29) is 0 Å². The first-order valence-electron chi connectivity index (χ1n) is 15.2. The Balaban J connectivity index is 1.83. The highest BCUT2D eigenvalue weighted by Gasteiger charge is 2.28. The SMILES string of the molecule is Cc1[nH]c2c(C)c(C)c(-c3c(C)c(C)c(-c4c(C)c(C)c5c(c4C)c(C)c(C)n5C)c4c3nc(C)n4C)c(C)c2c1C. The van der Waals surface area contributed by atoms with E-state index in [9.17, 15) is 0 Å². The van der Waals surface area contributed by atoms with E-state index in [1.165, 1.54) is 117 Å². The number of rotatable bonds is 2. The van der Waals surface area contributed by atoms with Gasteiger partial charge in [0.2, 0.25) is 0 Å². The number of imidazole rings is 1. The van der Waals surface area contributed by atoms with Crippen LogP contribution in [0.25, 0.3) is 55.1 Å². The van der Waals surface area contributed by atoms with Crippen LogP contribution in [0.4, 0.5) is 0 Å². The van der Waals surface area contributed by atoms with E-state index in [4.69, 9.17) is 4.98 Å². The van der Waals surface area contributed by atoms with Crippen LogP contribution in [0, 0.1) is 90.0 Å². The molecular weight excluding hydrogens is 512 g/mol. The number of H-pyrrole nitrogens is 1. The maximum absolute atomic E-state index is 5.33. The summed E-state index contributed by atoms with van der Waals surface area (Å²) >= 11 is 0. The minimum absolute atomic E-state index is 1.04. The highest BCUT2D eigenvalue weighted by atomic mass is 15.1. The van der Waals surface area contributed by atoms with Gasteiger partial charge in [-0.05, 0) is 157 Å². The highest BCUT2D eigenvalue weighted by molar-refractivity contribution is 6.10. The molecule has 3 aromatic carbocycles. The lowest BCUT2D eigenvalue weighted by molar-refractivity contribution is 0.886. The maximum Gasteiger partial charge on any atom is 0.106 e. The van der Waals surface area contributed by atoms with Crippen molar-refractivity contribution in [2.24, 2.45) is 14.1 Å². The molecule has 0 bridgehead atoms. The van der Waals surface area contributed by atoms with Crippen LogP contribution in [0.1, 0.15) is 72.8 Å². The Morgan fingerprint density at radius 1 is 0.452 bits per heavy atom. The van der Waals surface area contributed by atoms with E-state index < -0.39 is 0 Å². The Labute approximate surface area is 250 Å². The molecule has 3 aromatic heterocycles. The normalized spacial score (nSPS) is 12.2. The third-order valence-electron chi connectivity index (χ3n) is 11.2. The fourth-order valence-corrected chi connectivity index (χ4v) is 8.03. The number of aromatic nitrogens is 4. The van der Waals surface area contributed by atoms with E-state index in [0.29, 0.717) is 0 Å². The minimum Gasteiger partial charge on any atom is -0.358 e. The first kappa shape index (κ1) is 28.3. The standard InChI is InChI=1S/C38H46N4/c1-16-17(2)34(30-19(4)21(6)37-32(25(30)10)23(8)27(12)41(37)14)38-36(40-28(13)42(38)15)33(16)29-18(3)20(5)35-31(24(29)9)22(7)26(11)39-35/h39H,1-15H3. The smallest absolute Gasteiger partial charge is 0.106 e. The molecule has 6 aromatic rings. The molecule has 218 valence electrons. The number of hydrogen-bond donors (Lipinski definition) is 1. The maximum atomic E-state index is 5.33. The summed E-state index contributed by atoms with van der Waals surface area (Å²) < 4.78 is 4.70. The van der Waals surface area contributed by atoms with Crippen molar-refractivity contribution in [3.8, 4) is 22.3 Å². The summed E-state index contributed by atoms with van der Waals surface area (Å²) in [7, 11) is 4.40. The van der Waals surface area contributed by atoms with Crippen LogP contribution in [0.3, 0.4) is 0 Å². The van der Waals surface area contributed by atoms with Crippen molar-refractivity contribution in [3.63, 3.8) is 0 Å². The topological polar surface area (TPSA) is 38.5 Å². The summed E-state index contributed by atoms with van der Waals surface area (Å²) in [6.45, 7) is 29.6. The molecule has 0 spiro atoms. The van der Waals surface area contributed by atoms with Crippen LogP contribution in [0.15, 0.2) is 0 Å². The molecule has 0 amide bonds.